The largest absolute Gasteiger partial charge is 0.381 e. The number of aromatic nitrogens is 2. The lowest BCUT2D eigenvalue weighted by atomic mass is 10.1. The summed E-state index contributed by atoms with van der Waals surface area (Å²) in [6.07, 6.45) is 8.77. The van der Waals surface area contributed by atoms with Crippen LogP contribution in [0, 0.1) is 0 Å². The number of urea groups is 1. The molecule has 3 rings (SSSR count). The maximum Gasteiger partial charge on any atom is 0.321 e. The van der Waals surface area contributed by atoms with Gasteiger partial charge in [-0.3, -0.25) is 9.97 Å². The highest BCUT2D eigenvalue weighted by Crippen LogP contribution is 2.16. The van der Waals surface area contributed by atoms with E-state index in [1.807, 2.05) is 23.2 Å². The van der Waals surface area contributed by atoms with Crippen molar-refractivity contribution in [2.24, 2.45) is 0 Å². The Morgan fingerprint density at radius 3 is 2.50 bits per heavy atom. The van der Waals surface area contributed by atoms with E-state index in [1.165, 1.54) is 0 Å². The molecule has 2 N–H and O–H groups in total. The Labute approximate surface area is 129 Å². The molecule has 3 heterocycles. The fourth-order valence-corrected chi connectivity index (χ4v) is 2.55. The molecule has 1 saturated heterocycles. The van der Waals surface area contributed by atoms with Crippen LogP contribution < -0.4 is 10.6 Å². The number of rotatable bonds is 3. The van der Waals surface area contributed by atoms with Gasteiger partial charge in [0.05, 0.1) is 5.69 Å². The Kier molecular flexibility index (Phi) is 4.48. The minimum Gasteiger partial charge on any atom is -0.381 e. The first-order chi connectivity index (χ1) is 10.8. The Morgan fingerprint density at radius 1 is 1.05 bits per heavy atom. The van der Waals surface area contributed by atoms with Gasteiger partial charge in [-0.15, -0.1) is 0 Å². The molecule has 1 aliphatic heterocycles. The van der Waals surface area contributed by atoms with Gasteiger partial charge in [-0.05, 0) is 37.1 Å². The average Bonchev–Trinajstić information content (AvgIpc) is 2.57. The quantitative estimate of drug-likeness (QED) is 0.913. The number of likely N-dealkylation sites (tertiary alicyclic amines) is 1. The molecule has 2 aromatic heterocycles. The van der Waals surface area contributed by atoms with Gasteiger partial charge in [0, 0.05) is 49.6 Å². The van der Waals surface area contributed by atoms with Crippen molar-refractivity contribution in [3.05, 3.63) is 49.1 Å². The highest BCUT2D eigenvalue weighted by molar-refractivity contribution is 5.89. The number of pyridine rings is 2. The molecule has 0 unspecified atom stereocenters. The van der Waals surface area contributed by atoms with Crippen molar-refractivity contribution in [3.63, 3.8) is 0 Å². The topological polar surface area (TPSA) is 70.2 Å². The summed E-state index contributed by atoms with van der Waals surface area (Å²) in [4.78, 5) is 22.1. The molecular formula is C16H19N5O. The Morgan fingerprint density at radius 2 is 1.82 bits per heavy atom. The second kappa shape index (κ2) is 6.89. The summed E-state index contributed by atoms with van der Waals surface area (Å²) in [5.41, 5.74) is 1.80. The zero-order valence-corrected chi connectivity index (χ0v) is 12.3. The van der Waals surface area contributed by atoms with E-state index in [4.69, 9.17) is 0 Å². The summed E-state index contributed by atoms with van der Waals surface area (Å²) in [6, 6.07) is 7.83. The molecule has 22 heavy (non-hydrogen) atoms. The number of nitrogens with zero attached hydrogens (tertiary/aromatic N) is 3. The second-order valence-electron chi connectivity index (χ2n) is 5.31. The van der Waals surface area contributed by atoms with Crippen LogP contribution in [0.1, 0.15) is 12.8 Å². The van der Waals surface area contributed by atoms with Gasteiger partial charge in [0.15, 0.2) is 0 Å². The monoisotopic (exact) mass is 297 g/mol. The van der Waals surface area contributed by atoms with Gasteiger partial charge in [0.2, 0.25) is 0 Å². The van der Waals surface area contributed by atoms with E-state index < -0.39 is 0 Å². The zero-order valence-electron chi connectivity index (χ0n) is 12.3. The van der Waals surface area contributed by atoms with Crippen molar-refractivity contribution in [1.82, 2.24) is 14.9 Å². The van der Waals surface area contributed by atoms with Gasteiger partial charge in [0.25, 0.3) is 0 Å². The van der Waals surface area contributed by atoms with E-state index in [2.05, 4.69) is 20.6 Å². The highest BCUT2D eigenvalue weighted by Gasteiger charge is 2.22. The van der Waals surface area contributed by atoms with Crippen LogP contribution in [-0.2, 0) is 0 Å². The average molecular weight is 297 g/mol. The maximum atomic E-state index is 12.2. The third-order valence-corrected chi connectivity index (χ3v) is 3.75. The van der Waals surface area contributed by atoms with E-state index in [0.717, 1.165) is 37.3 Å². The SMILES string of the molecule is O=C(Nc1ccncc1)N1CCC(Nc2cccnc2)CC1. The summed E-state index contributed by atoms with van der Waals surface area (Å²) in [7, 11) is 0. The van der Waals surface area contributed by atoms with Crippen molar-refractivity contribution >= 4 is 17.4 Å². The number of piperidine rings is 1. The van der Waals surface area contributed by atoms with Crippen LogP contribution in [0.5, 0.6) is 0 Å². The standard InChI is InChI=1S/C16H19N5O/c22-16(20-13-3-8-17-9-4-13)21-10-5-14(6-11-21)19-15-2-1-7-18-12-15/h1-4,7-9,12,14,19H,5-6,10-11H2,(H,17,20,22). The second-order valence-corrected chi connectivity index (χ2v) is 5.31. The first kappa shape index (κ1) is 14.3. The Balaban J connectivity index is 1.48. The summed E-state index contributed by atoms with van der Waals surface area (Å²) in [5.74, 6) is 0. The fourth-order valence-electron chi connectivity index (χ4n) is 2.55. The number of nitrogens with one attached hydrogen (secondary N) is 2. The van der Waals surface area contributed by atoms with Gasteiger partial charge >= 0.3 is 6.03 Å². The molecule has 6 heteroatoms. The number of hydrogen-bond acceptors (Lipinski definition) is 4. The third-order valence-electron chi connectivity index (χ3n) is 3.75. The number of carbonyl (C=O) groups is 1. The smallest absolute Gasteiger partial charge is 0.321 e. The van der Waals surface area contributed by atoms with Gasteiger partial charge in [-0.25, -0.2) is 4.79 Å². The van der Waals surface area contributed by atoms with Crippen LogP contribution in [0.15, 0.2) is 49.1 Å². The van der Waals surface area contributed by atoms with Gasteiger partial charge in [0.1, 0.15) is 0 Å². The van der Waals surface area contributed by atoms with Crippen molar-refractivity contribution in [2.75, 3.05) is 23.7 Å². The number of amides is 2. The lowest BCUT2D eigenvalue weighted by Crippen LogP contribution is -2.44. The highest BCUT2D eigenvalue weighted by atomic mass is 16.2. The maximum absolute atomic E-state index is 12.2. The number of anilines is 2. The van der Waals surface area contributed by atoms with E-state index in [0.29, 0.717) is 6.04 Å². The lowest BCUT2D eigenvalue weighted by Gasteiger charge is -2.32. The summed E-state index contributed by atoms with van der Waals surface area (Å²) < 4.78 is 0. The normalized spacial score (nSPS) is 15.4. The number of carbonyl (C=O) groups excluding carboxylic acids is 1. The predicted molar refractivity (Wildman–Crippen MR) is 85.7 cm³/mol. The minimum atomic E-state index is -0.0500. The molecule has 1 aliphatic rings. The molecule has 6 nitrogen and oxygen atoms in total. The summed E-state index contributed by atoms with van der Waals surface area (Å²) in [6.45, 7) is 1.49. The third kappa shape index (κ3) is 3.72. The van der Waals surface area contributed by atoms with Crippen molar-refractivity contribution in [3.8, 4) is 0 Å². The zero-order chi connectivity index (χ0) is 15.2. The minimum absolute atomic E-state index is 0.0500. The summed E-state index contributed by atoms with van der Waals surface area (Å²) in [5, 5.41) is 6.35. The molecule has 0 bridgehead atoms. The van der Waals surface area contributed by atoms with Gasteiger partial charge in [-0.1, -0.05) is 0 Å². The van der Waals surface area contributed by atoms with Crippen LogP contribution >= 0.6 is 0 Å². The van der Waals surface area contributed by atoms with E-state index in [9.17, 15) is 4.79 Å². The molecule has 0 atom stereocenters. The molecule has 114 valence electrons. The molecule has 2 aromatic rings. The van der Waals surface area contributed by atoms with Crippen LogP contribution in [0.3, 0.4) is 0 Å². The molecule has 0 aliphatic carbocycles. The van der Waals surface area contributed by atoms with Crippen LogP contribution in [0.2, 0.25) is 0 Å². The van der Waals surface area contributed by atoms with Crippen molar-refractivity contribution in [1.29, 1.82) is 0 Å². The Hall–Kier alpha value is -2.63. The fraction of sp³-hybridized carbons (Fsp3) is 0.312. The molecule has 0 aromatic carbocycles. The van der Waals surface area contributed by atoms with Crippen molar-refractivity contribution < 1.29 is 4.79 Å². The van der Waals surface area contributed by atoms with Crippen LogP contribution in [0.25, 0.3) is 0 Å². The first-order valence-electron chi connectivity index (χ1n) is 7.44. The van der Waals surface area contributed by atoms with Crippen LogP contribution in [0.4, 0.5) is 16.2 Å². The molecule has 1 fully saturated rings. The molecular weight excluding hydrogens is 278 g/mol. The van der Waals surface area contributed by atoms with E-state index >= 15 is 0 Å². The van der Waals surface area contributed by atoms with Crippen molar-refractivity contribution in [2.45, 2.75) is 18.9 Å². The predicted octanol–water partition coefficient (Wildman–Crippen LogP) is 2.59. The summed E-state index contributed by atoms with van der Waals surface area (Å²) >= 11 is 0. The Bertz CT molecular complexity index is 596. The molecule has 0 spiro atoms. The lowest BCUT2D eigenvalue weighted by molar-refractivity contribution is 0.197. The molecule has 0 saturated carbocycles. The molecule has 0 radical (unpaired) electrons. The van der Waals surface area contributed by atoms with Gasteiger partial charge in [-0.2, -0.15) is 0 Å². The van der Waals surface area contributed by atoms with E-state index in [-0.39, 0.29) is 6.03 Å². The van der Waals surface area contributed by atoms with Gasteiger partial charge < -0.3 is 15.5 Å². The van der Waals surface area contributed by atoms with Crippen LogP contribution in [-0.4, -0.2) is 40.0 Å². The number of hydrogen-bond donors (Lipinski definition) is 2. The first-order valence-corrected chi connectivity index (χ1v) is 7.44. The van der Waals surface area contributed by atoms with E-state index in [1.54, 1.807) is 30.7 Å². The molecule has 2 amide bonds.